The molecule has 0 spiro atoms. The lowest BCUT2D eigenvalue weighted by Crippen LogP contribution is -2.52. The summed E-state index contributed by atoms with van der Waals surface area (Å²) in [6, 6.07) is 4.15. The quantitative estimate of drug-likeness (QED) is 0.453. The largest absolute Gasteiger partial charge is 0.360 e. The number of aliphatic imine (C=N–C) groups is 1. The Kier molecular flexibility index (Phi) is 8.23. The SMILES string of the molecule is CCNC(=NCC(F)F)N1CCN(c2cccs2)CC1.I. The Hall–Kier alpha value is -0.640. The lowest BCUT2D eigenvalue weighted by atomic mass is 10.3. The number of thiophene rings is 1. The van der Waals surface area contributed by atoms with Crippen molar-refractivity contribution in [2.45, 2.75) is 13.3 Å². The van der Waals surface area contributed by atoms with Crippen LogP contribution in [0.4, 0.5) is 13.8 Å². The number of hydrogen-bond donors (Lipinski definition) is 1. The van der Waals surface area contributed by atoms with Gasteiger partial charge in [-0.3, -0.25) is 0 Å². The van der Waals surface area contributed by atoms with Gasteiger partial charge in [-0.1, -0.05) is 0 Å². The Labute approximate surface area is 145 Å². The molecule has 21 heavy (non-hydrogen) atoms. The number of hydrogen-bond acceptors (Lipinski definition) is 3. The van der Waals surface area contributed by atoms with Crippen molar-refractivity contribution in [3.63, 3.8) is 0 Å². The number of alkyl halides is 2. The Morgan fingerprint density at radius 1 is 1.38 bits per heavy atom. The van der Waals surface area contributed by atoms with Gasteiger partial charge in [-0.05, 0) is 24.4 Å². The van der Waals surface area contributed by atoms with Crippen LogP contribution in [-0.2, 0) is 0 Å². The van der Waals surface area contributed by atoms with E-state index >= 15 is 0 Å². The normalized spacial score (nSPS) is 16.1. The van der Waals surface area contributed by atoms with E-state index < -0.39 is 13.0 Å². The van der Waals surface area contributed by atoms with E-state index in [1.165, 1.54) is 5.00 Å². The van der Waals surface area contributed by atoms with E-state index in [1.807, 2.05) is 13.0 Å². The third-order valence-corrected chi connectivity index (χ3v) is 4.04. The van der Waals surface area contributed by atoms with E-state index in [0.29, 0.717) is 12.5 Å². The van der Waals surface area contributed by atoms with Gasteiger partial charge in [0.15, 0.2) is 5.96 Å². The van der Waals surface area contributed by atoms with E-state index in [9.17, 15) is 8.78 Å². The molecule has 1 saturated heterocycles. The van der Waals surface area contributed by atoms with Gasteiger partial charge in [-0.2, -0.15) is 0 Å². The van der Waals surface area contributed by atoms with Crippen LogP contribution in [0.5, 0.6) is 0 Å². The molecule has 1 aromatic heterocycles. The van der Waals surface area contributed by atoms with E-state index in [4.69, 9.17) is 0 Å². The molecule has 0 amide bonds. The van der Waals surface area contributed by atoms with Crippen molar-refractivity contribution in [1.29, 1.82) is 0 Å². The van der Waals surface area contributed by atoms with E-state index in [1.54, 1.807) is 11.3 Å². The van der Waals surface area contributed by atoms with Crippen LogP contribution in [0.25, 0.3) is 0 Å². The molecule has 0 aromatic carbocycles. The highest BCUT2D eigenvalue weighted by molar-refractivity contribution is 14.0. The first kappa shape index (κ1) is 18.4. The molecular weight excluding hydrogens is 409 g/mol. The van der Waals surface area contributed by atoms with Crippen molar-refractivity contribution in [2.24, 2.45) is 4.99 Å². The number of rotatable bonds is 4. The van der Waals surface area contributed by atoms with Crippen LogP contribution in [0.15, 0.2) is 22.5 Å². The Morgan fingerprint density at radius 3 is 2.62 bits per heavy atom. The minimum absolute atomic E-state index is 0. The summed E-state index contributed by atoms with van der Waals surface area (Å²) in [6.07, 6.45) is -2.39. The molecule has 1 N–H and O–H groups in total. The highest BCUT2D eigenvalue weighted by Gasteiger charge is 2.20. The number of anilines is 1. The smallest absolute Gasteiger partial charge is 0.257 e. The van der Waals surface area contributed by atoms with E-state index in [2.05, 4.69) is 31.6 Å². The van der Waals surface area contributed by atoms with Crippen molar-refractivity contribution in [1.82, 2.24) is 10.2 Å². The second-order valence-electron chi connectivity index (χ2n) is 4.51. The van der Waals surface area contributed by atoms with Crippen LogP contribution >= 0.6 is 35.3 Å². The third-order valence-electron chi connectivity index (χ3n) is 3.11. The predicted molar refractivity (Wildman–Crippen MR) is 95.5 cm³/mol. The van der Waals surface area contributed by atoms with Crippen LogP contribution in [0, 0.1) is 0 Å². The zero-order valence-corrected chi connectivity index (χ0v) is 15.1. The molecule has 1 aromatic rings. The second-order valence-corrected chi connectivity index (χ2v) is 5.44. The van der Waals surface area contributed by atoms with Gasteiger partial charge in [0, 0.05) is 32.7 Å². The van der Waals surface area contributed by atoms with Crippen LogP contribution in [-0.4, -0.2) is 56.6 Å². The zero-order valence-electron chi connectivity index (χ0n) is 12.0. The summed E-state index contributed by atoms with van der Waals surface area (Å²) in [7, 11) is 0. The molecule has 0 aliphatic carbocycles. The molecule has 2 heterocycles. The van der Waals surface area contributed by atoms with Gasteiger partial charge in [-0.25, -0.2) is 13.8 Å². The molecule has 4 nitrogen and oxygen atoms in total. The summed E-state index contributed by atoms with van der Waals surface area (Å²) in [5, 5.41) is 6.41. The van der Waals surface area contributed by atoms with Crippen LogP contribution < -0.4 is 10.2 Å². The maximum atomic E-state index is 12.3. The average molecular weight is 430 g/mol. The molecular formula is C13H21F2IN4S. The number of nitrogens with zero attached hydrogens (tertiary/aromatic N) is 3. The number of nitrogens with one attached hydrogen (secondary N) is 1. The fourth-order valence-electron chi connectivity index (χ4n) is 2.17. The van der Waals surface area contributed by atoms with Gasteiger partial charge in [0.05, 0.1) is 5.00 Å². The molecule has 0 saturated carbocycles. The van der Waals surface area contributed by atoms with Gasteiger partial charge in [-0.15, -0.1) is 35.3 Å². The highest BCUT2D eigenvalue weighted by atomic mass is 127. The maximum absolute atomic E-state index is 12.3. The molecule has 8 heteroatoms. The van der Waals surface area contributed by atoms with Crippen LogP contribution in [0.1, 0.15) is 6.92 Å². The second kappa shape index (κ2) is 9.39. The molecule has 1 fully saturated rings. The number of halogens is 3. The fourth-order valence-corrected chi connectivity index (χ4v) is 2.96. The Morgan fingerprint density at radius 2 is 2.10 bits per heavy atom. The first-order chi connectivity index (χ1) is 9.70. The van der Waals surface area contributed by atoms with Crippen molar-refractivity contribution in [3.8, 4) is 0 Å². The third kappa shape index (κ3) is 5.57. The van der Waals surface area contributed by atoms with Crippen molar-refractivity contribution in [3.05, 3.63) is 17.5 Å². The predicted octanol–water partition coefficient (Wildman–Crippen LogP) is 2.72. The first-order valence-corrected chi connectivity index (χ1v) is 7.68. The monoisotopic (exact) mass is 430 g/mol. The number of guanidine groups is 1. The molecule has 120 valence electrons. The summed E-state index contributed by atoms with van der Waals surface area (Å²) in [4.78, 5) is 8.36. The molecule has 0 atom stereocenters. The minimum Gasteiger partial charge on any atom is -0.360 e. The highest BCUT2D eigenvalue weighted by Crippen LogP contribution is 2.22. The first-order valence-electron chi connectivity index (χ1n) is 6.80. The lowest BCUT2D eigenvalue weighted by Gasteiger charge is -2.37. The minimum atomic E-state index is -2.39. The summed E-state index contributed by atoms with van der Waals surface area (Å²) >= 11 is 1.73. The summed E-state index contributed by atoms with van der Waals surface area (Å²) in [6.45, 7) is 5.57. The molecule has 2 rings (SSSR count). The molecule has 0 bridgehead atoms. The summed E-state index contributed by atoms with van der Waals surface area (Å²) in [5.74, 6) is 0.596. The van der Waals surface area contributed by atoms with Crippen LogP contribution in [0.3, 0.4) is 0 Å². The zero-order chi connectivity index (χ0) is 14.4. The van der Waals surface area contributed by atoms with Crippen molar-refractivity contribution < 1.29 is 8.78 Å². The van der Waals surface area contributed by atoms with Gasteiger partial charge in [0.1, 0.15) is 6.54 Å². The molecule has 0 radical (unpaired) electrons. The number of piperazine rings is 1. The Balaban J connectivity index is 0.00000220. The molecule has 1 aliphatic heterocycles. The Bertz CT molecular complexity index is 420. The topological polar surface area (TPSA) is 30.9 Å². The molecule has 0 unspecified atom stereocenters. The standard InChI is InChI=1S/C13H20F2N4S.HI/c1-2-16-13(17-10-11(14)15)19-7-5-18(6-8-19)12-4-3-9-20-12;/h3-4,9,11H,2,5-8,10H2,1H3,(H,16,17);1H. The molecule has 1 aliphatic rings. The van der Waals surface area contributed by atoms with E-state index in [0.717, 1.165) is 26.2 Å². The van der Waals surface area contributed by atoms with Crippen molar-refractivity contribution in [2.75, 3.05) is 44.2 Å². The van der Waals surface area contributed by atoms with Gasteiger partial charge >= 0.3 is 0 Å². The maximum Gasteiger partial charge on any atom is 0.257 e. The average Bonchev–Trinajstić information content (AvgIpc) is 2.97. The summed E-state index contributed by atoms with van der Waals surface area (Å²) < 4.78 is 24.6. The van der Waals surface area contributed by atoms with Crippen molar-refractivity contribution >= 4 is 46.3 Å². The lowest BCUT2D eigenvalue weighted by molar-refractivity contribution is 0.158. The fraction of sp³-hybridized carbons (Fsp3) is 0.615. The van der Waals surface area contributed by atoms with Crippen LogP contribution in [0.2, 0.25) is 0 Å². The van der Waals surface area contributed by atoms with E-state index in [-0.39, 0.29) is 24.0 Å². The van der Waals surface area contributed by atoms with Gasteiger partial charge in [0.2, 0.25) is 0 Å². The van der Waals surface area contributed by atoms with Gasteiger partial charge in [0.25, 0.3) is 6.43 Å². The summed E-state index contributed by atoms with van der Waals surface area (Å²) in [5.41, 5.74) is 0. The van der Waals surface area contributed by atoms with Gasteiger partial charge < -0.3 is 15.1 Å².